The maximum atomic E-state index is 12.0. The smallest absolute Gasteiger partial charge is 0.229 e. The van der Waals surface area contributed by atoms with Crippen LogP contribution in [0.4, 0.5) is 0 Å². The maximum Gasteiger partial charge on any atom is 0.229 e. The molecule has 0 aliphatic heterocycles. The molecule has 1 amide bonds. The molecule has 1 aliphatic carbocycles. The van der Waals surface area contributed by atoms with E-state index in [0.717, 1.165) is 28.1 Å². The fourth-order valence-electron chi connectivity index (χ4n) is 2.54. The molecular formula is C16H15ClN4O3S. The third kappa shape index (κ3) is 3.65. The predicted molar refractivity (Wildman–Crippen MR) is 92.6 cm³/mol. The van der Waals surface area contributed by atoms with Crippen LogP contribution in [0.1, 0.15) is 29.6 Å². The maximum absolute atomic E-state index is 12.0. The second kappa shape index (κ2) is 6.36. The number of hydrogen-bond acceptors (Lipinski definition) is 7. The number of fused-ring (bicyclic) bond motifs is 1. The highest BCUT2D eigenvalue weighted by Crippen LogP contribution is 2.34. The molecule has 2 aromatic heterocycles. The van der Waals surface area contributed by atoms with Crippen molar-refractivity contribution in [1.82, 2.24) is 20.5 Å². The summed E-state index contributed by atoms with van der Waals surface area (Å²) < 4.78 is 6.58. The fraction of sp³-hybridized carbons (Fsp3) is 0.375. The van der Waals surface area contributed by atoms with Crippen molar-refractivity contribution in [2.24, 2.45) is 0 Å². The van der Waals surface area contributed by atoms with Gasteiger partial charge < -0.3 is 14.8 Å². The van der Waals surface area contributed by atoms with Crippen LogP contribution in [-0.2, 0) is 17.6 Å². The molecule has 2 N–H and O–H groups in total. The Balaban J connectivity index is 1.41. The Morgan fingerprint density at radius 3 is 2.92 bits per heavy atom. The van der Waals surface area contributed by atoms with Crippen LogP contribution in [0.25, 0.3) is 10.2 Å². The summed E-state index contributed by atoms with van der Waals surface area (Å²) in [4.78, 5) is 16.5. The van der Waals surface area contributed by atoms with Gasteiger partial charge in [-0.2, -0.15) is 0 Å². The Bertz CT molecular complexity index is 935. The van der Waals surface area contributed by atoms with Crippen LogP contribution < -0.4 is 5.32 Å². The molecule has 0 saturated heterocycles. The summed E-state index contributed by atoms with van der Waals surface area (Å²) in [5.74, 6) is 0.443. The van der Waals surface area contributed by atoms with Crippen LogP contribution in [0.2, 0.25) is 5.02 Å². The second-order valence-electron chi connectivity index (χ2n) is 6.15. The molecule has 0 radical (unpaired) electrons. The zero-order valence-electron chi connectivity index (χ0n) is 13.2. The number of benzene rings is 1. The van der Waals surface area contributed by atoms with Crippen LogP contribution >= 0.6 is 22.9 Å². The van der Waals surface area contributed by atoms with Crippen LogP contribution in [0, 0.1) is 0 Å². The summed E-state index contributed by atoms with van der Waals surface area (Å²) in [7, 11) is 0. The monoisotopic (exact) mass is 378 g/mol. The number of thiazole rings is 1. The molecular weight excluding hydrogens is 364 g/mol. The molecule has 0 atom stereocenters. The molecule has 25 heavy (non-hydrogen) atoms. The number of nitrogens with zero attached hydrogens (tertiary/aromatic N) is 3. The van der Waals surface area contributed by atoms with Crippen molar-refractivity contribution in [3.05, 3.63) is 40.0 Å². The largest absolute Gasteiger partial charge is 0.424 e. The Morgan fingerprint density at radius 1 is 1.36 bits per heavy atom. The third-order valence-corrected chi connectivity index (χ3v) is 5.35. The fourth-order valence-corrected chi connectivity index (χ4v) is 3.64. The topological polar surface area (TPSA) is 101 Å². The molecule has 0 spiro atoms. The van der Waals surface area contributed by atoms with E-state index in [-0.39, 0.29) is 24.8 Å². The lowest BCUT2D eigenvalue weighted by Crippen LogP contribution is -2.40. The Morgan fingerprint density at radius 2 is 2.16 bits per heavy atom. The Hall–Kier alpha value is -2.03. The number of nitrogens with one attached hydrogen (secondary N) is 1. The van der Waals surface area contributed by atoms with E-state index in [9.17, 15) is 9.90 Å². The summed E-state index contributed by atoms with van der Waals surface area (Å²) in [5, 5.41) is 21.4. The zero-order valence-corrected chi connectivity index (χ0v) is 14.7. The van der Waals surface area contributed by atoms with Gasteiger partial charge in [-0.15, -0.1) is 21.5 Å². The van der Waals surface area contributed by atoms with Crippen molar-refractivity contribution in [1.29, 1.82) is 0 Å². The lowest BCUT2D eigenvalue weighted by molar-refractivity contribution is -0.122. The summed E-state index contributed by atoms with van der Waals surface area (Å²) in [6.45, 7) is -0.0462. The van der Waals surface area contributed by atoms with Crippen molar-refractivity contribution < 1.29 is 14.3 Å². The van der Waals surface area contributed by atoms with Crippen molar-refractivity contribution >= 4 is 39.1 Å². The van der Waals surface area contributed by atoms with E-state index >= 15 is 0 Å². The number of halogens is 1. The van der Waals surface area contributed by atoms with Gasteiger partial charge in [0.1, 0.15) is 11.4 Å². The summed E-state index contributed by atoms with van der Waals surface area (Å²) in [6, 6.07) is 5.57. The quantitative estimate of drug-likeness (QED) is 0.681. The van der Waals surface area contributed by atoms with E-state index in [0.29, 0.717) is 17.3 Å². The van der Waals surface area contributed by atoms with Gasteiger partial charge in [0.25, 0.3) is 0 Å². The van der Waals surface area contributed by atoms with Gasteiger partial charge >= 0.3 is 0 Å². The number of aromatic nitrogens is 3. The molecule has 9 heteroatoms. The molecule has 1 aromatic carbocycles. The molecule has 1 saturated carbocycles. The number of carbonyl (C=O) groups excluding carboxylic acids is 1. The Labute approximate surface area is 152 Å². The SMILES string of the molecule is O=C(Cc1nnc(Cc2nc3cc(Cl)ccc3s2)o1)NC1(CO)CC1. The van der Waals surface area contributed by atoms with E-state index in [2.05, 4.69) is 20.5 Å². The summed E-state index contributed by atoms with van der Waals surface area (Å²) >= 11 is 7.51. The van der Waals surface area contributed by atoms with E-state index in [1.54, 1.807) is 0 Å². The van der Waals surface area contributed by atoms with Gasteiger partial charge in [0.15, 0.2) is 0 Å². The number of amides is 1. The van der Waals surface area contributed by atoms with Crippen LogP contribution in [0.15, 0.2) is 22.6 Å². The molecule has 4 rings (SSSR count). The zero-order chi connectivity index (χ0) is 17.4. The van der Waals surface area contributed by atoms with Crippen molar-refractivity contribution in [2.45, 2.75) is 31.2 Å². The van der Waals surface area contributed by atoms with E-state index in [4.69, 9.17) is 16.0 Å². The number of rotatable bonds is 6. The summed E-state index contributed by atoms with van der Waals surface area (Å²) in [6.07, 6.45) is 2.01. The first-order valence-electron chi connectivity index (χ1n) is 7.83. The van der Waals surface area contributed by atoms with Crippen molar-refractivity contribution in [2.75, 3.05) is 6.61 Å². The third-order valence-electron chi connectivity index (χ3n) is 4.08. The first kappa shape index (κ1) is 16.4. The van der Waals surface area contributed by atoms with Gasteiger partial charge in [0, 0.05) is 5.02 Å². The van der Waals surface area contributed by atoms with Gasteiger partial charge in [-0.3, -0.25) is 4.79 Å². The van der Waals surface area contributed by atoms with Gasteiger partial charge in [-0.25, -0.2) is 4.98 Å². The lowest BCUT2D eigenvalue weighted by atomic mass is 10.2. The number of hydrogen-bond donors (Lipinski definition) is 2. The molecule has 3 aromatic rings. The number of carbonyl (C=O) groups is 1. The van der Waals surface area contributed by atoms with Crippen molar-refractivity contribution in [3.63, 3.8) is 0 Å². The second-order valence-corrected chi connectivity index (χ2v) is 7.70. The molecule has 0 bridgehead atoms. The van der Waals surface area contributed by atoms with Crippen LogP contribution in [0.5, 0.6) is 0 Å². The Kier molecular flexibility index (Phi) is 4.18. The van der Waals surface area contributed by atoms with Gasteiger partial charge in [0.05, 0.1) is 28.8 Å². The van der Waals surface area contributed by atoms with Crippen LogP contribution in [-0.4, -0.2) is 38.3 Å². The first-order valence-corrected chi connectivity index (χ1v) is 9.03. The average molecular weight is 379 g/mol. The minimum absolute atomic E-state index is 0.00417. The molecule has 1 fully saturated rings. The highest BCUT2D eigenvalue weighted by atomic mass is 35.5. The molecule has 130 valence electrons. The van der Waals surface area contributed by atoms with Crippen LogP contribution in [0.3, 0.4) is 0 Å². The molecule has 0 unspecified atom stereocenters. The number of aliphatic hydroxyl groups excluding tert-OH is 1. The average Bonchev–Trinajstić information content (AvgIpc) is 3.02. The van der Waals surface area contributed by atoms with Crippen molar-refractivity contribution in [3.8, 4) is 0 Å². The van der Waals surface area contributed by atoms with E-state index < -0.39 is 5.54 Å². The van der Waals surface area contributed by atoms with E-state index in [1.807, 2.05) is 18.2 Å². The van der Waals surface area contributed by atoms with Gasteiger partial charge in [-0.05, 0) is 31.0 Å². The standard InChI is InChI=1S/C16H15ClN4O3S/c17-9-1-2-11-10(5-9)18-15(25-11)7-14-21-20-13(24-14)6-12(23)19-16(8-22)3-4-16/h1-2,5,22H,3-4,6-8H2,(H,19,23). The molecule has 7 nitrogen and oxygen atoms in total. The normalized spacial score (nSPS) is 15.4. The molecule has 2 heterocycles. The lowest BCUT2D eigenvalue weighted by Gasteiger charge is -2.12. The highest BCUT2D eigenvalue weighted by molar-refractivity contribution is 7.18. The minimum atomic E-state index is -0.442. The number of aliphatic hydroxyl groups is 1. The van der Waals surface area contributed by atoms with Gasteiger partial charge in [0.2, 0.25) is 17.7 Å². The highest BCUT2D eigenvalue weighted by Gasteiger charge is 2.43. The molecule has 1 aliphatic rings. The summed E-state index contributed by atoms with van der Waals surface area (Å²) in [5.41, 5.74) is 0.396. The minimum Gasteiger partial charge on any atom is -0.424 e. The van der Waals surface area contributed by atoms with Gasteiger partial charge in [-0.1, -0.05) is 11.6 Å². The first-order chi connectivity index (χ1) is 12.0. The predicted octanol–water partition coefficient (Wildman–Crippen LogP) is 2.11. The van der Waals surface area contributed by atoms with E-state index in [1.165, 1.54) is 11.3 Å².